The molecule has 0 fully saturated rings. The molecule has 0 unspecified atom stereocenters. The predicted octanol–water partition coefficient (Wildman–Crippen LogP) is 4.46. The second kappa shape index (κ2) is 7.59. The summed E-state index contributed by atoms with van der Waals surface area (Å²) in [5, 5.41) is 6.71. The van der Waals surface area contributed by atoms with Gasteiger partial charge in [-0.1, -0.05) is 52.7 Å². The van der Waals surface area contributed by atoms with Gasteiger partial charge in [-0.3, -0.25) is 4.79 Å². The van der Waals surface area contributed by atoms with Gasteiger partial charge in [-0.05, 0) is 36.4 Å². The molecule has 0 saturated heterocycles. The Bertz CT molecular complexity index is 626. The Morgan fingerprint density at radius 1 is 1.24 bits per heavy atom. The summed E-state index contributed by atoms with van der Waals surface area (Å²) in [4.78, 5) is 12.3. The number of hydrogen-bond donors (Lipinski definition) is 2. The summed E-state index contributed by atoms with van der Waals surface area (Å²) in [6.07, 6.45) is 0. The minimum absolute atomic E-state index is 0.179. The second-order valence-corrected chi connectivity index (χ2v) is 5.90. The third-order valence-electron chi connectivity index (χ3n) is 2.96. The first-order chi connectivity index (χ1) is 10.1. The lowest BCUT2D eigenvalue weighted by Crippen LogP contribution is -2.17. The van der Waals surface area contributed by atoms with E-state index in [0.29, 0.717) is 17.1 Å². The molecule has 0 saturated carbocycles. The predicted molar refractivity (Wildman–Crippen MR) is 90.9 cm³/mol. The Labute approximate surface area is 137 Å². The molecule has 0 spiro atoms. The van der Waals surface area contributed by atoms with Gasteiger partial charge in [0.05, 0.1) is 0 Å². The van der Waals surface area contributed by atoms with Crippen LogP contribution in [-0.2, 0) is 6.54 Å². The molecule has 21 heavy (non-hydrogen) atoms. The van der Waals surface area contributed by atoms with Crippen molar-refractivity contribution in [2.24, 2.45) is 0 Å². The lowest BCUT2D eigenvalue weighted by atomic mass is 10.1. The SMILES string of the molecule is CCNCc1ccccc1NC(=O)c1cc(Cl)cc(Br)c1. The van der Waals surface area contributed by atoms with Gasteiger partial charge >= 0.3 is 0 Å². The van der Waals surface area contributed by atoms with E-state index in [9.17, 15) is 4.79 Å². The number of para-hydroxylation sites is 1. The first kappa shape index (κ1) is 16.0. The third kappa shape index (κ3) is 4.56. The van der Waals surface area contributed by atoms with Gasteiger partial charge < -0.3 is 10.6 Å². The Balaban J connectivity index is 2.19. The number of hydrogen-bond acceptors (Lipinski definition) is 2. The molecule has 0 bridgehead atoms. The molecular formula is C16H16BrClN2O. The van der Waals surface area contributed by atoms with Crippen LogP contribution in [0.15, 0.2) is 46.9 Å². The van der Waals surface area contributed by atoms with Gasteiger partial charge in [0.25, 0.3) is 5.91 Å². The van der Waals surface area contributed by atoms with Gasteiger partial charge in [-0.25, -0.2) is 0 Å². The minimum atomic E-state index is -0.179. The van der Waals surface area contributed by atoms with Crippen LogP contribution in [0, 0.1) is 0 Å². The van der Waals surface area contributed by atoms with E-state index in [2.05, 4.69) is 26.6 Å². The smallest absolute Gasteiger partial charge is 0.255 e. The molecule has 0 heterocycles. The van der Waals surface area contributed by atoms with Crippen LogP contribution in [0.1, 0.15) is 22.8 Å². The van der Waals surface area contributed by atoms with Crippen molar-refractivity contribution in [3.05, 3.63) is 63.1 Å². The minimum Gasteiger partial charge on any atom is -0.322 e. The molecular weight excluding hydrogens is 352 g/mol. The van der Waals surface area contributed by atoms with Crippen molar-refractivity contribution in [2.45, 2.75) is 13.5 Å². The maximum absolute atomic E-state index is 12.3. The highest BCUT2D eigenvalue weighted by molar-refractivity contribution is 9.10. The van der Waals surface area contributed by atoms with Crippen LogP contribution in [0.4, 0.5) is 5.69 Å². The standard InChI is InChI=1S/C16H16BrClN2O/c1-2-19-10-11-5-3-4-6-15(11)20-16(21)12-7-13(17)9-14(18)8-12/h3-9,19H,2,10H2,1H3,(H,20,21). The molecule has 0 aliphatic heterocycles. The van der Waals surface area contributed by atoms with E-state index in [1.165, 1.54) is 0 Å². The fraction of sp³-hybridized carbons (Fsp3) is 0.188. The maximum Gasteiger partial charge on any atom is 0.255 e. The molecule has 3 nitrogen and oxygen atoms in total. The zero-order chi connectivity index (χ0) is 15.2. The molecule has 5 heteroatoms. The average Bonchev–Trinajstić information content (AvgIpc) is 2.45. The highest BCUT2D eigenvalue weighted by atomic mass is 79.9. The van der Waals surface area contributed by atoms with Crippen molar-refractivity contribution in [2.75, 3.05) is 11.9 Å². The molecule has 2 aromatic carbocycles. The normalized spacial score (nSPS) is 10.4. The number of benzene rings is 2. The summed E-state index contributed by atoms with van der Waals surface area (Å²) in [6, 6.07) is 12.9. The number of rotatable bonds is 5. The van der Waals surface area contributed by atoms with Crippen molar-refractivity contribution < 1.29 is 4.79 Å². The fourth-order valence-corrected chi connectivity index (χ4v) is 2.80. The summed E-state index contributed by atoms with van der Waals surface area (Å²) >= 11 is 9.32. The number of carbonyl (C=O) groups excluding carboxylic acids is 1. The van der Waals surface area contributed by atoms with E-state index < -0.39 is 0 Å². The van der Waals surface area contributed by atoms with Crippen LogP contribution in [0.5, 0.6) is 0 Å². The average molecular weight is 368 g/mol. The third-order valence-corrected chi connectivity index (χ3v) is 3.63. The quantitative estimate of drug-likeness (QED) is 0.819. The molecule has 0 aliphatic rings. The largest absolute Gasteiger partial charge is 0.322 e. The summed E-state index contributed by atoms with van der Waals surface area (Å²) in [5.74, 6) is -0.179. The number of halogens is 2. The van der Waals surface area contributed by atoms with Crippen molar-refractivity contribution in [3.63, 3.8) is 0 Å². The lowest BCUT2D eigenvalue weighted by Gasteiger charge is -2.11. The molecule has 0 aromatic heterocycles. The van der Waals surface area contributed by atoms with Gasteiger partial charge in [0.15, 0.2) is 0 Å². The van der Waals surface area contributed by atoms with Crippen LogP contribution >= 0.6 is 27.5 Å². The fourth-order valence-electron chi connectivity index (χ4n) is 1.94. The Hall–Kier alpha value is -1.36. The van der Waals surface area contributed by atoms with E-state index in [-0.39, 0.29) is 5.91 Å². The van der Waals surface area contributed by atoms with E-state index in [1.54, 1.807) is 18.2 Å². The zero-order valence-corrected chi connectivity index (χ0v) is 14.0. The van der Waals surface area contributed by atoms with Crippen molar-refractivity contribution in [1.29, 1.82) is 0 Å². The molecule has 2 rings (SSSR count). The summed E-state index contributed by atoms with van der Waals surface area (Å²) in [6.45, 7) is 3.64. The van der Waals surface area contributed by atoms with Crippen molar-refractivity contribution in [3.8, 4) is 0 Å². The Morgan fingerprint density at radius 2 is 2.00 bits per heavy atom. The van der Waals surface area contributed by atoms with Crippen molar-refractivity contribution in [1.82, 2.24) is 5.32 Å². The monoisotopic (exact) mass is 366 g/mol. The number of carbonyl (C=O) groups is 1. The van der Waals surface area contributed by atoms with E-state index in [4.69, 9.17) is 11.6 Å². The van der Waals surface area contributed by atoms with Gasteiger partial charge in [-0.2, -0.15) is 0 Å². The topological polar surface area (TPSA) is 41.1 Å². The summed E-state index contributed by atoms with van der Waals surface area (Å²) in [5.41, 5.74) is 2.38. The van der Waals surface area contributed by atoms with Crippen LogP contribution in [0.2, 0.25) is 5.02 Å². The highest BCUT2D eigenvalue weighted by Crippen LogP contribution is 2.21. The van der Waals surface area contributed by atoms with Gasteiger partial charge in [-0.15, -0.1) is 0 Å². The summed E-state index contributed by atoms with van der Waals surface area (Å²) < 4.78 is 0.779. The number of amides is 1. The second-order valence-electron chi connectivity index (χ2n) is 4.55. The molecule has 0 radical (unpaired) electrons. The molecule has 2 aromatic rings. The molecule has 1 amide bonds. The zero-order valence-electron chi connectivity index (χ0n) is 11.6. The van der Waals surface area contributed by atoms with Gasteiger partial charge in [0.2, 0.25) is 0 Å². The van der Waals surface area contributed by atoms with Crippen LogP contribution in [-0.4, -0.2) is 12.5 Å². The number of anilines is 1. The lowest BCUT2D eigenvalue weighted by molar-refractivity contribution is 0.102. The van der Waals surface area contributed by atoms with Crippen LogP contribution in [0.3, 0.4) is 0 Å². The van der Waals surface area contributed by atoms with Gasteiger partial charge in [0.1, 0.15) is 0 Å². The molecule has 110 valence electrons. The van der Waals surface area contributed by atoms with Crippen molar-refractivity contribution >= 4 is 39.1 Å². The van der Waals surface area contributed by atoms with E-state index in [0.717, 1.165) is 22.3 Å². The van der Waals surface area contributed by atoms with Crippen LogP contribution < -0.4 is 10.6 Å². The van der Waals surface area contributed by atoms with E-state index >= 15 is 0 Å². The maximum atomic E-state index is 12.3. The summed E-state index contributed by atoms with van der Waals surface area (Å²) in [7, 11) is 0. The molecule has 2 N–H and O–H groups in total. The van der Waals surface area contributed by atoms with Gasteiger partial charge in [0, 0.05) is 27.3 Å². The highest BCUT2D eigenvalue weighted by Gasteiger charge is 2.10. The first-order valence-corrected chi connectivity index (χ1v) is 7.83. The van der Waals surface area contributed by atoms with Crippen LogP contribution in [0.25, 0.3) is 0 Å². The Kier molecular flexibility index (Phi) is 5.79. The number of nitrogens with one attached hydrogen (secondary N) is 2. The molecule has 0 atom stereocenters. The molecule has 0 aliphatic carbocycles. The van der Waals surface area contributed by atoms with E-state index in [1.807, 2.05) is 31.2 Å². The Morgan fingerprint density at radius 3 is 2.71 bits per heavy atom. The first-order valence-electron chi connectivity index (χ1n) is 6.66.